The zero-order valence-electron chi connectivity index (χ0n) is 26.8. The number of benzene rings is 5. The van der Waals surface area contributed by atoms with Crippen LogP contribution in [0.1, 0.15) is 60.9 Å². The first-order valence-corrected chi connectivity index (χ1v) is 16.2. The van der Waals surface area contributed by atoms with Crippen molar-refractivity contribution in [3.63, 3.8) is 0 Å². The Kier molecular flexibility index (Phi) is 6.64. The highest BCUT2D eigenvalue weighted by molar-refractivity contribution is 6.09. The summed E-state index contributed by atoms with van der Waals surface area (Å²) < 4.78 is 33.3. The van der Waals surface area contributed by atoms with Gasteiger partial charge in [-0.3, -0.25) is 0 Å². The summed E-state index contributed by atoms with van der Waals surface area (Å²) in [6, 6.07) is 28.3. The van der Waals surface area contributed by atoms with Crippen LogP contribution in [0.2, 0.25) is 0 Å². The summed E-state index contributed by atoms with van der Waals surface area (Å²) >= 11 is 0. The Morgan fingerprint density at radius 2 is 1.39 bits per heavy atom. The van der Waals surface area contributed by atoms with Crippen LogP contribution < -0.4 is 19.1 Å². The van der Waals surface area contributed by atoms with Crippen molar-refractivity contribution in [3.05, 3.63) is 125 Å². The molecule has 3 aliphatic rings. The fourth-order valence-corrected chi connectivity index (χ4v) is 7.95. The molecule has 2 heterocycles. The van der Waals surface area contributed by atoms with Crippen LogP contribution in [0.3, 0.4) is 0 Å². The lowest BCUT2D eigenvalue weighted by molar-refractivity contribution is 0.163. The molecule has 0 amide bonds. The molecule has 5 aromatic rings. The van der Waals surface area contributed by atoms with Crippen LogP contribution in [-0.2, 0) is 11.0 Å². The maximum absolute atomic E-state index is 14.8. The third kappa shape index (κ3) is 4.24. The lowest BCUT2D eigenvalue weighted by Crippen LogP contribution is -2.35. The van der Waals surface area contributed by atoms with E-state index in [0.29, 0.717) is 0 Å². The summed E-state index contributed by atoms with van der Waals surface area (Å²) in [4.78, 5) is 2.49. The quantitative estimate of drug-likeness (QED) is 0.198. The predicted molar refractivity (Wildman–Crippen MR) is 184 cm³/mol. The van der Waals surface area contributed by atoms with Crippen LogP contribution in [-0.4, -0.2) is 27.3 Å². The highest BCUT2D eigenvalue weighted by Gasteiger charge is 2.44. The van der Waals surface area contributed by atoms with E-state index in [1.807, 2.05) is 30.3 Å². The number of anilines is 1. The van der Waals surface area contributed by atoms with E-state index in [1.165, 1.54) is 36.1 Å². The van der Waals surface area contributed by atoms with E-state index >= 15 is 0 Å². The Morgan fingerprint density at radius 3 is 2.02 bits per heavy atom. The minimum Gasteiger partial charge on any atom is -0.497 e. The Morgan fingerprint density at radius 1 is 0.739 bits per heavy atom. The number of hydrogen-bond acceptors (Lipinski definition) is 4. The number of methoxy groups -OCH3 is 2. The third-order valence-corrected chi connectivity index (χ3v) is 10.3. The number of ether oxygens (including phenoxy) is 3. The standard InChI is InChI=1S/C41H38FNO3/c1-40(2)36-24-28(42)12-18-33(36)37-32-19-13-29(43-22-6-5-7-23-43)25-35(32)39-34(38(37)40)20-21-41(46-39,26-8-14-30(44-3)15-9-26)27-10-16-31(45-4)17-11-27/h8-21,24-25H,5-7,22-23H2,1-4H3. The van der Waals surface area contributed by atoms with E-state index in [0.717, 1.165) is 68.9 Å². The summed E-state index contributed by atoms with van der Waals surface area (Å²) in [5.74, 6) is 2.21. The zero-order chi connectivity index (χ0) is 31.6. The van der Waals surface area contributed by atoms with E-state index in [9.17, 15) is 4.39 Å². The van der Waals surface area contributed by atoms with Crippen molar-refractivity contribution in [2.24, 2.45) is 0 Å². The number of halogens is 1. The lowest BCUT2D eigenvalue weighted by Gasteiger charge is -2.38. The van der Waals surface area contributed by atoms with Gasteiger partial charge in [0, 0.05) is 46.3 Å². The third-order valence-electron chi connectivity index (χ3n) is 10.3. The first-order chi connectivity index (χ1) is 22.3. The molecule has 1 fully saturated rings. The lowest BCUT2D eigenvalue weighted by atomic mass is 9.76. The van der Waals surface area contributed by atoms with Crippen molar-refractivity contribution >= 4 is 22.5 Å². The molecule has 2 aliphatic heterocycles. The second-order valence-corrected chi connectivity index (χ2v) is 13.2. The van der Waals surface area contributed by atoms with Crippen molar-refractivity contribution in [2.75, 3.05) is 32.2 Å². The minimum absolute atomic E-state index is 0.213. The van der Waals surface area contributed by atoms with E-state index in [4.69, 9.17) is 14.2 Å². The van der Waals surface area contributed by atoms with Gasteiger partial charge < -0.3 is 19.1 Å². The highest BCUT2D eigenvalue weighted by atomic mass is 19.1. The molecule has 0 saturated carbocycles. The van der Waals surface area contributed by atoms with Gasteiger partial charge in [-0.05, 0) is 102 Å². The molecule has 5 heteroatoms. The van der Waals surface area contributed by atoms with Gasteiger partial charge in [0.15, 0.2) is 5.60 Å². The molecule has 0 bridgehead atoms. The van der Waals surface area contributed by atoms with Gasteiger partial charge in [0.25, 0.3) is 0 Å². The van der Waals surface area contributed by atoms with Crippen molar-refractivity contribution in [1.29, 1.82) is 0 Å². The van der Waals surface area contributed by atoms with Crippen molar-refractivity contribution in [2.45, 2.75) is 44.1 Å². The van der Waals surface area contributed by atoms with Gasteiger partial charge in [-0.2, -0.15) is 0 Å². The Balaban J connectivity index is 1.42. The van der Waals surface area contributed by atoms with Crippen LogP contribution in [0.25, 0.3) is 28.0 Å². The average molecular weight is 612 g/mol. The normalized spacial score (nSPS) is 17.2. The number of nitrogens with zero attached hydrogens (tertiary/aromatic N) is 1. The molecular formula is C41H38FNO3. The molecule has 0 unspecified atom stereocenters. The van der Waals surface area contributed by atoms with Gasteiger partial charge >= 0.3 is 0 Å². The topological polar surface area (TPSA) is 30.9 Å². The van der Waals surface area contributed by atoms with Gasteiger partial charge in [0.1, 0.15) is 23.1 Å². The average Bonchev–Trinajstić information content (AvgIpc) is 3.34. The van der Waals surface area contributed by atoms with Crippen LogP contribution in [0, 0.1) is 5.82 Å². The van der Waals surface area contributed by atoms with Gasteiger partial charge in [-0.15, -0.1) is 0 Å². The van der Waals surface area contributed by atoms with Crippen LogP contribution in [0.5, 0.6) is 17.2 Å². The predicted octanol–water partition coefficient (Wildman–Crippen LogP) is 9.64. The fraction of sp³-hybridized carbons (Fsp3) is 0.268. The van der Waals surface area contributed by atoms with Crippen molar-refractivity contribution in [1.82, 2.24) is 0 Å². The number of fused-ring (bicyclic) bond motifs is 8. The van der Waals surface area contributed by atoms with Crippen molar-refractivity contribution in [3.8, 4) is 28.4 Å². The molecule has 232 valence electrons. The molecule has 0 N–H and O–H groups in total. The maximum atomic E-state index is 14.8. The number of rotatable bonds is 5. The number of hydrogen-bond donors (Lipinski definition) is 0. The Bertz CT molecular complexity index is 1960. The Hall–Kier alpha value is -4.77. The molecule has 0 radical (unpaired) electrons. The molecular weight excluding hydrogens is 573 g/mol. The van der Waals surface area contributed by atoms with E-state index in [1.54, 1.807) is 26.4 Å². The second kappa shape index (κ2) is 10.7. The fourth-order valence-electron chi connectivity index (χ4n) is 7.95. The summed E-state index contributed by atoms with van der Waals surface area (Å²) in [5.41, 5.74) is 7.37. The summed E-state index contributed by atoms with van der Waals surface area (Å²) in [7, 11) is 3.36. The molecule has 5 aromatic carbocycles. The molecule has 46 heavy (non-hydrogen) atoms. The molecule has 4 nitrogen and oxygen atoms in total. The zero-order valence-corrected chi connectivity index (χ0v) is 26.8. The summed E-state index contributed by atoms with van der Waals surface area (Å²) in [6.07, 6.45) is 8.09. The van der Waals surface area contributed by atoms with Gasteiger partial charge in [0.2, 0.25) is 0 Å². The van der Waals surface area contributed by atoms with Gasteiger partial charge in [-0.25, -0.2) is 4.39 Å². The minimum atomic E-state index is -0.907. The SMILES string of the molecule is COc1ccc(C2(c3ccc(OC)cc3)C=Cc3c4c(c5ccc(N6CCCCC6)cc5c3O2)-c2ccc(F)cc2C4(C)C)cc1. The second-order valence-electron chi connectivity index (χ2n) is 13.2. The summed E-state index contributed by atoms with van der Waals surface area (Å²) in [5, 5.41) is 2.20. The first kappa shape index (κ1) is 28.7. The monoisotopic (exact) mass is 611 g/mol. The summed E-state index contributed by atoms with van der Waals surface area (Å²) in [6.45, 7) is 6.51. The molecule has 0 spiro atoms. The highest BCUT2D eigenvalue weighted by Crippen LogP contribution is 2.58. The van der Waals surface area contributed by atoms with Gasteiger partial charge in [-0.1, -0.05) is 56.3 Å². The van der Waals surface area contributed by atoms with Crippen LogP contribution in [0.15, 0.2) is 91.0 Å². The molecule has 1 aliphatic carbocycles. The van der Waals surface area contributed by atoms with E-state index in [2.05, 4.69) is 73.4 Å². The van der Waals surface area contributed by atoms with Crippen LogP contribution in [0.4, 0.5) is 10.1 Å². The van der Waals surface area contributed by atoms with E-state index < -0.39 is 11.0 Å². The number of piperidine rings is 1. The molecule has 8 rings (SSSR count). The van der Waals surface area contributed by atoms with Crippen molar-refractivity contribution < 1.29 is 18.6 Å². The maximum Gasteiger partial charge on any atom is 0.178 e. The molecule has 1 saturated heterocycles. The van der Waals surface area contributed by atoms with Crippen LogP contribution >= 0.6 is 0 Å². The van der Waals surface area contributed by atoms with E-state index in [-0.39, 0.29) is 5.82 Å². The Labute approximate surface area is 270 Å². The largest absolute Gasteiger partial charge is 0.497 e. The van der Waals surface area contributed by atoms with Gasteiger partial charge in [0.05, 0.1) is 14.2 Å². The molecule has 0 aromatic heterocycles. The smallest absolute Gasteiger partial charge is 0.178 e. The molecule has 0 atom stereocenters. The first-order valence-electron chi connectivity index (χ1n) is 16.2.